The van der Waals surface area contributed by atoms with Gasteiger partial charge in [-0.1, -0.05) is 24.6 Å². The molecule has 0 fully saturated rings. The molecule has 3 aromatic carbocycles. The standard InChI is InChI=1S/C26H29N3O5S/c1-4-17-34-24-11-7-21(8-12-24)18-27-28-26(30)19-29(22-9-5-20(2)6-10-22)35(31,32)25-15-13-23(33-3)14-16-25/h5-16,18H,4,17,19H2,1-3H3,(H,28,30)/b27-18+. The molecule has 3 rings (SSSR count). The molecule has 0 spiro atoms. The molecule has 184 valence electrons. The summed E-state index contributed by atoms with van der Waals surface area (Å²) < 4.78 is 38.5. The van der Waals surface area contributed by atoms with Crippen LogP contribution in [-0.4, -0.2) is 40.8 Å². The second-order valence-electron chi connectivity index (χ2n) is 7.73. The van der Waals surface area contributed by atoms with Crippen molar-refractivity contribution in [2.24, 2.45) is 5.10 Å². The molecule has 0 unspecified atom stereocenters. The first-order valence-electron chi connectivity index (χ1n) is 11.1. The lowest BCUT2D eigenvalue weighted by Crippen LogP contribution is -2.39. The molecule has 9 heteroatoms. The van der Waals surface area contributed by atoms with Gasteiger partial charge in [-0.25, -0.2) is 13.8 Å². The van der Waals surface area contributed by atoms with Gasteiger partial charge in [0, 0.05) is 0 Å². The molecule has 0 aromatic heterocycles. The summed E-state index contributed by atoms with van der Waals surface area (Å²) in [5.74, 6) is 0.704. The molecule has 0 saturated carbocycles. The third-order valence-electron chi connectivity index (χ3n) is 5.01. The number of hydrogen-bond donors (Lipinski definition) is 1. The highest BCUT2D eigenvalue weighted by Crippen LogP contribution is 2.25. The summed E-state index contributed by atoms with van der Waals surface area (Å²) in [6, 6.07) is 20.2. The van der Waals surface area contributed by atoms with Crippen molar-refractivity contribution in [1.29, 1.82) is 0 Å². The van der Waals surface area contributed by atoms with E-state index >= 15 is 0 Å². The number of hydrogen-bond acceptors (Lipinski definition) is 6. The Labute approximate surface area is 206 Å². The van der Waals surface area contributed by atoms with Crippen LogP contribution in [0.4, 0.5) is 5.69 Å². The van der Waals surface area contributed by atoms with E-state index in [2.05, 4.69) is 10.5 Å². The van der Waals surface area contributed by atoms with Crippen molar-refractivity contribution >= 4 is 27.8 Å². The van der Waals surface area contributed by atoms with Crippen molar-refractivity contribution in [1.82, 2.24) is 5.43 Å². The van der Waals surface area contributed by atoms with Crippen molar-refractivity contribution < 1.29 is 22.7 Å². The predicted molar refractivity (Wildman–Crippen MR) is 137 cm³/mol. The van der Waals surface area contributed by atoms with Crippen LogP contribution in [0.2, 0.25) is 0 Å². The lowest BCUT2D eigenvalue weighted by molar-refractivity contribution is -0.119. The van der Waals surface area contributed by atoms with Crippen LogP contribution < -0.4 is 19.2 Å². The summed E-state index contributed by atoms with van der Waals surface area (Å²) in [6.07, 6.45) is 2.40. The van der Waals surface area contributed by atoms with Crippen molar-refractivity contribution in [2.75, 3.05) is 24.6 Å². The number of aryl methyl sites for hydroxylation is 1. The topological polar surface area (TPSA) is 97.3 Å². The fourth-order valence-corrected chi connectivity index (χ4v) is 4.54. The fraction of sp³-hybridized carbons (Fsp3) is 0.231. The van der Waals surface area contributed by atoms with E-state index in [1.807, 2.05) is 38.1 Å². The molecule has 1 amide bonds. The van der Waals surface area contributed by atoms with Gasteiger partial charge in [-0.2, -0.15) is 5.10 Å². The van der Waals surface area contributed by atoms with Crippen molar-refractivity contribution in [3.63, 3.8) is 0 Å². The average Bonchev–Trinajstić information content (AvgIpc) is 2.87. The van der Waals surface area contributed by atoms with E-state index in [1.54, 1.807) is 36.4 Å². The maximum atomic E-state index is 13.4. The highest BCUT2D eigenvalue weighted by molar-refractivity contribution is 7.92. The maximum absolute atomic E-state index is 13.4. The predicted octanol–water partition coefficient (Wildman–Crippen LogP) is 4.14. The Hall–Kier alpha value is -3.85. The summed E-state index contributed by atoms with van der Waals surface area (Å²) >= 11 is 0. The van der Waals surface area contributed by atoms with E-state index in [0.717, 1.165) is 27.6 Å². The molecule has 0 atom stereocenters. The number of methoxy groups -OCH3 is 1. The normalized spacial score (nSPS) is 11.3. The molecule has 0 saturated heterocycles. The van der Waals surface area contributed by atoms with Gasteiger partial charge in [0.2, 0.25) is 0 Å². The van der Waals surface area contributed by atoms with Gasteiger partial charge in [0.25, 0.3) is 15.9 Å². The second-order valence-corrected chi connectivity index (χ2v) is 9.60. The summed E-state index contributed by atoms with van der Waals surface area (Å²) in [5.41, 5.74) is 4.50. The van der Waals surface area contributed by atoms with Gasteiger partial charge in [-0.05, 0) is 79.6 Å². The Bertz CT molecular complexity index is 1240. The Kier molecular flexibility index (Phi) is 8.86. The fourth-order valence-electron chi connectivity index (χ4n) is 3.12. The SMILES string of the molecule is CCCOc1ccc(/C=N/NC(=O)CN(c2ccc(C)cc2)S(=O)(=O)c2ccc(OC)cc2)cc1. The number of rotatable bonds is 11. The molecule has 0 radical (unpaired) electrons. The van der Waals surface area contributed by atoms with Crippen LogP contribution in [0.3, 0.4) is 0 Å². The zero-order valence-corrected chi connectivity index (χ0v) is 20.8. The smallest absolute Gasteiger partial charge is 0.264 e. The number of hydrazone groups is 1. The zero-order valence-electron chi connectivity index (χ0n) is 20.0. The zero-order chi connectivity index (χ0) is 25.3. The van der Waals surface area contributed by atoms with Gasteiger partial charge < -0.3 is 9.47 Å². The average molecular weight is 496 g/mol. The Morgan fingerprint density at radius 3 is 2.20 bits per heavy atom. The quantitative estimate of drug-likeness (QED) is 0.319. The van der Waals surface area contributed by atoms with Crippen LogP contribution in [-0.2, 0) is 14.8 Å². The Morgan fingerprint density at radius 1 is 0.971 bits per heavy atom. The van der Waals surface area contributed by atoms with Crippen LogP contribution >= 0.6 is 0 Å². The number of carbonyl (C=O) groups is 1. The van der Waals surface area contributed by atoms with Crippen molar-refractivity contribution in [3.05, 3.63) is 83.9 Å². The van der Waals surface area contributed by atoms with E-state index in [1.165, 1.54) is 25.5 Å². The molecule has 3 aromatic rings. The molecule has 0 aliphatic rings. The molecule has 0 aliphatic carbocycles. The third kappa shape index (κ3) is 7.07. The number of amides is 1. The number of anilines is 1. The van der Waals surface area contributed by atoms with Crippen molar-refractivity contribution in [2.45, 2.75) is 25.2 Å². The van der Waals surface area contributed by atoms with Gasteiger partial charge >= 0.3 is 0 Å². The molecule has 35 heavy (non-hydrogen) atoms. The molecular weight excluding hydrogens is 466 g/mol. The van der Waals surface area contributed by atoms with Gasteiger partial charge in [0.1, 0.15) is 18.0 Å². The van der Waals surface area contributed by atoms with E-state index < -0.39 is 22.5 Å². The highest BCUT2D eigenvalue weighted by atomic mass is 32.2. The largest absolute Gasteiger partial charge is 0.497 e. The summed E-state index contributed by atoms with van der Waals surface area (Å²) in [7, 11) is -2.52. The van der Waals surface area contributed by atoms with Crippen LogP contribution in [0.25, 0.3) is 0 Å². The van der Waals surface area contributed by atoms with Crippen LogP contribution in [0, 0.1) is 6.92 Å². The Balaban J connectivity index is 1.75. The van der Waals surface area contributed by atoms with Gasteiger partial charge in [-0.15, -0.1) is 0 Å². The molecule has 0 aliphatic heterocycles. The van der Waals surface area contributed by atoms with Crippen LogP contribution in [0.1, 0.15) is 24.5 Å². The number of ether oxygens (including phenoxy) is 2. The first-order valence-corrected chi connectivity index (χ1v) is 12.6. The van der Waals surface area contributed by atoms with Gasteiger partial charge in [0.15, 0.2) is 0 Å². The minimum Gasteiger partial charge on any atom is -0.497 e. The summed E-state index contributed by atoms with van der Waals surface area (Å²) in [5, 5.41) is 3.97. The lowest BCUT2D eigenvalue weighted by atomic mass is 10.2. The Morgan fingerprint density at radius 2 is 1.60 bits per heavy atom. The van der Waals surface area contributed by atoms with Crippen LogP contribution in [0.15, 0.2) is 82.8 Å². The van der Waals surface area contributed by atoms with E-state index in [0.29, 0.717) is 18.0 Å². The number of carbonyl (C=O) groups excluding carboxylic acids is 1. The van der Waals surface area contributed by atoms with Crippen molar-refractivity contribution in [3.8, 4) is 11.5 Å². The third-order valence-corrected chi connectivity index (χ3v) is 6.80. The van der Waals surface area contributed by atoms with Crippen LogP contribution in [0.5, 0.6) is 11.5 Å². The van der Waals surface area contributed by atoms with E-state index in [-0.39, 0.29) is 4.90 Å². The highest BCUT2D eigenvalue weighted by Gasteiger charge is 2.27. The molecule has 0 heterocycles. The number of nitrogens with zero attached hydrogens (tertiary/aromatic N) is 2. The first kappa shape index (κ1) is 25.8. The minimum absolute atomic E-state index is 0.0422. The van der Waals surface area contributed by atoms with E-state index in [4.69, 9.17) is 9.47 Å². The monoisotopic (exact) mass is 495 g/mol. The number of benzene rings is 3. The molecular formula is C26H29N3O5S. The molecule has 8 nitrogen and oxygen atoms in total. The lowest BCUT2D eigenvalue weighted by Gasteiger charge is -2.24. The minimum atomic E-state index is -4.03. The van der Waals surface area contributed by atoms with E-state index in [9.17, 15) is 13.2 Å². The summed E-state index contributed by atoms with van der Waals surface area (Å²) in [6.45, 7) is 4.13. The number of sulfonamides is 1. The maximum Gasteiger partial charge on any atom is 0.264 e. The van der Waals surface area contributed by atoms with Gasteiger partial charge in [0.05, 0.1) is 30.5 Å². The summed E-state index contributed by atoms with van der Waals surface area (Å²) in [4.78, 5) is 12.7. The molecule has 1 N–H and O–H groups in total. The van der Waals surface area contributed by atoms with Gasteiger partial charge in [-0.3, -0.25) is 9.10 Å². The number of nitrogens with one attached hydrogen (secondary N) is 1. The molecule has 0 bridgehead atoms. The first-order chi connectivity index (χ1) is 16.8. The second kappa shape index (κ2) is 12.0.